The number of sulfonamides is 1. The van der Waals surface area contributed by atoms with Gasteiger partial charge in [0, 0.05) is 18.1 Å². The van der Waals surface area contributed by atoms with Gasteiger partial charge >= 0.3 is 0 Å². The summed E-state index contributed by atoms with van der Waals surface area (Å²) in [5.74, 6) is -1.20. The Morgan fingerprint density at radius 3 is 2.41 bits per heavy atom. The second-order valence-corrected chi connectivity index (χ2v) is 10.3. The van der Waals surface area contributed by atoms with E-state index < -0.39 is 21.7 Å². The lowest BCUT2D eigenvalue weighted by atomic mass is 9.94. The molecule has 0 bridgehead atoms. The highest BCUT2D eigenvalue weighted by atomic mass is 35.5. The van der Waals surface area contributed by atoms with Crippen molar-refractivity contribution >= 4 is 44.8 Å². The molecular weight excluding hydrogens is 438 g/mol. The summed E-state index contributed by atoms with van der Waals surface area (Å²) in [5.41, 5.74) is -0.185. The minimum atomic E-state index is -3.85. The molecule has 3 rings (SSSR count). The first kappa shape index (κ1) is 22.0. The summed E-state index contributed by atoms with van der Waals surface area (Å²) < 4.78 is 41.8. The number of carbonyl (C=O) groups is 1. The number of carbonyl (C=O) groups excluding carboxylic acids is 1. The molecule has 1 N–H and O–H groups in total. The predicted molar refractivity (Wildman–Crippen MR) is 113 cm³/mol. The number of amides is 1. The van der Waals surface area contributed by atoms with E-state index in [1.54, 1.807) is 6.07 Å². The first-order valence-electron chi connectivity index (χ1n) is 9.14. The van der Waals surface area contributed by atoms with Crippen LogP contribution < -0.4 is 5.32 Å². The molecule has 0 aliphatic carbocycles. The Hall–Kier alpha value is -1.67. The highest BCUT2D eigenvalue weighted by molar-refractivity contribution is 7.89. The normalized spacial score (nSPS) is 20.4. The molecule has 1 aliphatic rings. The number of nitrogens with zero attached hydrogens (tertiary/aromatic N) is 1. The molecule has 0 saturated carbocycles. The summed E-state index contributed by atoms with van der Waals surface area (Å²) in [6.07, 6.45) is 0.948. The average molecular weight is 459 g/mol. The third-order valence-corrected chi connectivity index (χ3v) is 7.22. The van der Waals surface area contributed by atoms with E-state index in [4.69, 9.17) is 23.2 Å². The molecule has 2 aromatic carbocycles. The van der Waals surface area contributed by atoms with Gasteiger partial charge in [0.1, 0.15) is 5.82 Å². The first-order valence-corrected chi connectivity index (χ1v) is 11.3. The summed E-state index contributed by atoms with van der Waals surface area (Å²) in [6.45, 7) is 4.78. The van der Waals surface area contributed by atoms with Crippen molar-refractivity contribution in [1.29, 1.82) is 0 Å². The zero-order valence-corrected chi connectivity index (χ0v) is 18.3. The summed E-state index contributed by atoms with van der Waals surface area (Å²) in [5, 5.41) is 3.04. The molecule has 2 atom stereocenters. The summed E-state index contributed by atoms with van der Waals surface area (Å²) >= 11 is 11.9. The van der Waals surface area contributed by atoms with Crippen molar-refractivity contribution in [1.82, 2.24) is 4.31 Å². The molecule has 5 nitrogen and oxygen atoms in total. The fourth-order valence-electron chi connectivity index (χ4n) is 3.57. The summed E-state index contributed by atoms with van der Waals surface area (Å²) in [6, 6.07) is 7.69. The summed E-state index contributed by atoms with van der Waals surface area (Å²) in [7, 11) is -3.85. The number of rotatable bonds is 4. The third-order valence-electron chi connectivity index (χ3n) is 4.83. The molecule has 1 saturated heterocycles. The van der Waals surface area contributed by atoms with E-state index in [1.807, 2.05) is 13.8 Å². The number of piperidine rings is 1. The van der Waals surface area contributed by atoms with Gasteiger partial charge in [-0.25, -0.2) is 12.8 Å². The second-order valence-electron chi connectivity index (χ2n) is 7.49. The van der Waals surface area contributed by atoms with Crippen molar-refractivity contribution < 1.29 is 17.6 Å². The molecule has 29 heavy (non-hydrogen) atoms. The van der Waals surface area contributed by atoms with E-state index in [0.717, 1.165) is 18.6 Å². The molecular formula is C20H21Cl2FN2O3S. The Morgan fingerprint density at radius 1 is 1.10 bits per heavy atom. The molecule has 156 valence electrons. The van der Waals surface area contributed by atoms with Crippen molar-refractivity contribution in [3.8, 4) is 0 Å². The Morgan fingerprint density at radius 2 is 1.76 bits per heavy atom. The van der Waals surface area contributed by atoms with Crippen LogP contribution in [-0.4, -0.2) is 31.7 Å². The largest absolute Gasteiger partial charge is 0.320 e. The maximum atomic E-state index is 14.3. The molecule has 9 heteroatoms. The zero-order valence-electron chi connectivity index (χ0n) is 16.0. The third kappa shape index (κ3) is 4.91. The Kier molecular flexibility index (Phi) is 6.53. The van der Waals surface area contributed by atoms with Gasteiger partial charge in [-0.05, 0) is 54.7 Å². The first-order chi connectivity index (χ1) is 13.6. The Balaban J connectivity index is 1.91. The van der Waals surface area contributed by atoms with E-state index >= 15 is 0 Å². The minimum Gasteiger partial charge on any atom is -0.320 e. The highest BCUT2D eigenvalue weighted by Crippen LogP contribution is 2.29. The van der Waals surface area contributed by atoms with Gasteiger partial charge in [-0.1, -0.05) is 37.0 Å². The maximum Gasteiger partial charge on any atom is 0.258 e. The van der Waals surface area contributed by atoms with Crippen LogP contribution in [0.5, 0.6) is 0 Å². The van der Waals surface area contributed by atoms with Gasteiger partial charge in [0.15, 0.2) is 0 Å². The Labute approximate surface area is 179 Å². The fraction of sp³-hybridized carbons (Fsp3) is 0.350. The molecule has 0 aromatic heterocycles. The number of hydrogen-bond acceptors (Lipinski definition) is 3. The van der Waals surface area contributed by atoms with Crippen LogP contribution in [-0.2, 0) is 10.0 Å². The maximum absolute atomic E-state index is 14.3. The van der Waals surface area contributed by atoms with E-state index in [-0.39, 0.29) is 33.0 Å². The van der Waals surface area contributed by atoms with Gasteiger partial charge in [0.25, 0.3) is 5.91 Å². The van der Waals surface area contributed by atoms with E-state index in [1.165, 1.54) is 22.5 Å². The van der Waals surface area contributed by atoms with E-state index in [9.17, 15) is 17.6 Å². The van der Waals surface area contributed by atoms with Gasteiger partial charge in [0.2, 0.25) is 10.0 Å². The Bertz CT molecular complexity index is 1040. The van der Waals surface area contributed by atoms with Crippen LogP contribution in [0.1, 0.15) is 30.6 Å². The quantitative estimate of drug-likeness (QED) is 0.696. The van der Waals surface area contributed by atoms with Crippen LogP contribution in [0.3, 0.4) is 0 Å². The number of anilines is 1. The number of nitrogens with one attached hydrogen (secondary N) is 1. The van der Waals surface area contributed by atoms with Gasteiger partial charge in [-0.2, -0.15) is 4.31 Å². The van der Waals surface area contributed by atoms with Gasteiger partial charge in [-0.3, -0.25) is 4.79 Å². The molecule has 1 fully saturated rings. The number of halogens is 3. The van der Waals surface area contributed by atoms with Crippen LogP contribution in [0, 0.1) is 17.7 Å². The molecule has 0 radical (unpaired) electrons. The van der Waals surface area contributed by atoms with E-state index in [2.05, 4.69) is 5.32 Å². The summed E-state index contributed by atoms with van der Waals surface area (Å²) in [4.78, 5) is 12.5. The van der Waals surface area contributed by atoms with Crippen LogP contribution >= 0.6 is 23.2 Å². The highest BCUT2D eigenvalue weighted by Gasteiger charge is 2.32. The lowest BCUT2D eigenvalue weighted by Crippen LogP contribution is -2.42. The smallest absolute Gasteiger partial charge is 0.258 e. The van der Waals surface area contributed by atoms with Crippen molar-refractivity contribution in [3.05, 3.63) is 57.8 Å². The van der Waals surface area contributed by atoms with Gasteiger partial charge in [0.05, 0.1) is 21.2 Å². The fourth-order valence-corrected chi connectivity index (χ4v) is 5.62. The molecule has 1 aliphatic heterocycles. The number of hydrogen-bond donors (Lipinski definition) is 1. The minimum absolute atomic E-state index is 0.123. The standard InChI is InChI=1S/C20H21Cl2FN2O3S/c1-12-7-13(2)11-25(10-12)29(27,28)15-4-6-18(23)16(9-15)20(26)24-19-8-14(21)3-5-17(19)22/h3-6,8-9,12-13H,7,10-11H2,1-2H3,(H,24,26). The predicted octanol–water partition coefficient (Wildman–Crippen LogP) is 5.05. The lowest BCUT2D eigenvalue weighted by Gasteiger charge is -2.34. The van der Waals surface area contributed by atoms with Crippen molar-refractivity contribution in [3.63, 3.8) is 0 Å². The van der Waals surface area contributed by atoms with Crippen LogP contribution in [0.2, 0.25) is 10.0 Å². The number of benzene rings is 2. The molecule has 1 amide bonds. The molecule has 1 heterocycles. The topological polar surface area (TPSA) is 66.5 Å². The lowest BCUT2D eigenvalue weighted by molar-refractivity contribution is 0.102. The zero-order chi connectivity index (χ0) is 21.3. The van der Waals surface area contributed by atoms with Crippen LogP contribution in [0.4, 0.5) is 10.1 Å². The SMILES string of the molecule is CC1CC(C)CN(S(=O)(=O)c2ccc(F)c(C(=O)Nc3cc(Cl)ccc3Cl)c2)C1. The van der Waals surface area contributed by atoms with Crippen molar-refractivity contribution in [2.75, 3.05) is 18.4 Å². The second kappa shape index (κ2) is 8.60. The van der Waals surface area contributed by atoms with Gasteiger partial charge < -0.3 is 5.32 Å². The van der Waals surface area contributed by atoms with Crippen molar-refractivity contribution in [2.45, 2.75) is 25.2 Å². The van der Waals surface area contributed by atoms with Crippen molar-refractivity contribution in [2.24, 2.45) is 11.8 Å². The molecule has 2 aromatic rings. The molecule has 2 unspecified atom stereocenters. The monoisotopic (exact) mass is 458 g/mol. The van der Waals surface area contributed by atoms with Crippen LogP contribution in [0.15, 0.2) is 41.3 Å². The molecule has 0 spiro atoms. The van der Waals surface area contributed by atoms with Gasteiger partial charge in [-0.15, -0.1) is 0 Å². The average Bonchev–Trinajstić information content (AvgIpc) is 2.64. The van der Waals surface area contributed by atoms with Crippen LogP contribution in [0.25, 0.3) is 0 Å². The van der Waals surface area contributed by atoms with E-state index in [0.29, 0.717) is 18.1 Å².